The molecule has 2 N–H and O–H groups in total. The first-order valence-corrected chi connectivity index (χ1v) is 7.80. The third-order valence-electron chi connectivity index (χ3n) is 4.69. The molecule has 106 valence electrons. The van der Waals surface area contributed by atoms with Crippen molar-refractivity contribution in [3.05, 3.63) is 35.9 Å². The van der Waals surface area contributed by atoms with Gasteiger partial charge in [0.05, 0.1) is 0 Å². The minimum absolute atomic E-state index is 0.535. The predicted octanol–water partition coefficient (Wildman–Crippen LogP) is 3.59. The van der Waals surface area contributed by atoms with Gasteiger partial charge in [0.25, 0.3) is 0 Å². The van der Waals surface area contributed by atoms with Crippen LogP contribution < -0.4 is 5.73 Å². The van der Waals surface area contributed by atoms with E-state index in [-0.39, 0.29) is 0 Å². The highest BCUT2D eigenvalue weighted by atomic mass is 15.2. The zero-order valence-electron chi connectivity index (χ0n) is 12.4. The van der Waals surface area contributed by atoms with E-state index >= 15 is 0 Å². The van der Waals surface area contributed by atoms with Crippen LogP contribution in [0.2, 0.25) is 0 Å². The molecule has 19 heavy (non-hydrogen) atoms. The van der Waals surface area contributed by atoms with Crippen molar-refractivity contribution in [3.8, 4) is 0 Å². The molecule has 2 rings (SSSR count). The molecule has 0 spiro atoms. The quantitative estimate of drug-likeness (QED) is 0.876. The molecule has 3 atom stereocenters. The van der Waals surface area contributed by atoms with E-state index in [2.05, 4.69) is 49.1 Å². The van der Waals surface area contributed by atoms with Crippen LogP contribution in [0.15, 0.2) is 30.3 Å². The fourth-order valence-electron chi connectivity index (χ4n) is 3.50. The molecule has 2 nitrogen and oxygen atoms in total. The topological polar surface area (TPSA) is 29.3 Å². The third-order valence-corrected chi connectivity index (χ3v) is 4.69. The molecule has 1 aromatic rings. The molecule has 3 unspecified atom stereocenters. The molecule has 0 saturated carbocycles. The minimum Gasteiger partial charge on any atom is -0.329 e. The van der Waals surface area contributed by atoms with Crippen LogP contribution in [0, 0.1) is 5.92 Å². The van der Waals surface area contributed by atoms with Crippen molar-refractivity contribution in [1.29, 1.82) is 0 Å². The zero-order chi connectivity index (χ0) is 13.7. The predicted molar refractivity (Wildman–Crippen MR) is 82.0 cm³/mol. The van der Waals surface area contributed by atoms with Crippen LogP contribution in [0.5, 0.6) is 0 Å². The largest absolute Gasteiger partial charge is 0.329 e. The van der Waals surface area contributed by atoms with Crippen molar-refractivity contribution >= 4 is 0 Å². The Kier molecular flexibility index (Phi) is 5.41. The van der Waals surface area contributed by atoms with E-state index in [1.54, 1.807) is 0 Å². The molecule has 0 aliphatic carbocycles. The lowest BCUT2D eigenvalue weighted by molar-refractivity contribution is 0.0677. The van der Waals surface area contributed by atoms with E-state index in [0.717, 1.165) is 18.9 Å². The summed E-state index contributed by atoms with van der Waals surface area (Å²) >= 11 is 0. The summed E-state index contributed by atoms with van der Waals surface area (Å²) in [5.41, 5.74) is 7.48. The van der Waals surface area contributed by atoms with Gasteiger partial charge in [-0.2, -0.15) is 0 Å². The molecule has 1 aliphatic rings. The Morgan fingerprint density at radius 1 is 1.26 bits per heavy atom. The molecule has 1 heterocycles. The SMILES string of the molecule is CCC1CCN(C(CC)c2ccccc2)C(CN)C1. The highest BCUT2D eigenvalue weighted by molar-refractivity contribution is 5.19. The van der Waals surface area contributed by atoms with Gasteiger partial charge in [0, 0.05) is 18.6 Å². The highest BCUT2D eigenvalue weighted by Gasteiger charge is 2.31. The fourth-order valence-corrected chi connectivity index (χ4v) is 3.50. The summed E-state index contributed by atoms with van der Waals surface area (Å²) < 4.78 is 0. The van der Waals surface area contributed by atoms with Crippen molar-refractivity contribution in [2.45, 2.75) is 51.6 Å². The number of nitrogens with two attached hydrogens (primary N) is 1. The summed E-state index contributed by atoms with van der Waals surface area (Å²) in [6, 6.07) is 12.0. The first-order chi connectivity index (χ1) is 9.30. The van der Waals surface area contributed by atoms with Gasteiger partial charge in [-0.3, -0.25) is 4.90 Å². The van der Waals surface area contributed by atoms with Gasteiger partial charge >= 0.3 is 0 Å². The van der Waals surface area contributed by atoms with Crippen molar-refractivity contribution < 1.29 is 0 Å². The lowest BCUT2D eigenvalue weighted by atomic mass is 9.86. The molecule has 1 aromatic carbocycles. The van der Waals surface area contributed by atoms with Crippen molar-refractivity contribution in [2.24, 2.45) is 11.7 Å². The lowest BCUT2D eigenvalue weighted by Gasteiger charge is -2.43. The molecule has 1 aliphatic heterocycles. The smallest absolute Gasteiger partial charge is 0.0348 e. The van der Waals surface area contributed by atoms with E-state index < -0.39 is 0 Å². The number of rotatable bonds is 5. The lowest BCUT2D eigenvalue weighted by Crippen LogP contribution is -2.48. The molecule has 0 aromatic heterocycles. The van der Waals surface area contributed by atoms with E-state index in [0.29, 0.717) is 12.1 Å². The molecule has 1 fully saturated rings. The first kappa shape index (κ1) is 14.5. The van der Waals surface area contributed by atoms with Gasteiger partial charge < -0.3 is 5.73 Å². The van der Waals surface area contributed by atoms with Crippen molar-refractivity contribution in [3.63, 3.8) is 0 Å². The normalized spacial score (nSPS) is 26.3. The number of hydrogen-bond acceptors (Lipinski definition) is 2. The second-order valence-corrected chi connectivity index (χ2v) is 5.76. The average Bonchev–Trinajstić information content (AvgIpc) is 2.49. The first-order valence-electron chi connectivity index (χ1n) is 7.80. The molecule has 0 radical (unpaired) electrons. The third kappa shape index (κ3) is 3.37. The van der Waals surface area contributed by atoms with Gasteiger partial charge in [-0.05, 0) is 37.3 Å². The Labute approximate surface area is 118 Å². The molecular weight excluding hydrogens is 232 g/mol. The molecule has 2 heteroatoms. The maximum absolute atomic E-state index is 6.04. The summed E-state index contributed by atoms with van der Waals surface area (Å²) in [4.78, 5) is 2.65. The van der Waals surface area contributed by atoms with Crippen LogP contribution in [0.25, 0.3) is 0 Å². The van der Waals surface area contributed by atoms with Gasteiger partial charge in [-0.15, -0.1) is 0 Å². The summed E-state index contributed by atoms with van der Waals surface area (Å²) in [5, 5.41) is 0. The fraction of sp³-hybridized carbons (Fsp3) is 0.647. The molecule has 0 amide bonds. The molecule has 0 bridgehead atoms. The maximum atomic E-state index is 6.04. The summed E-state index contributed by atoms with van der Waals surface area (Å²) in [7, 11) is 0. The number of hydrogen-bond donors (Lipinski definition) is 1. The van der Waals surface area contributed by atoms with E-state index in [1.807, 2.05) is 0 Å². The van der Waals surface area contributed by atoms with Crippen LogP contribution in [-0.2, 0) is 0 Å². The zero-order valence-corrected chi connectivity index (χ0v) is 12.4. The van der Waals surface area contributed by atoms with Gasteiger partial charge in [0.15, 0.2) is 0 Å². The van der Waals surface area contributed by atoms with Gasteiger partial charge in [-0.1, -0.05) is 50.6 Å². The number of piperidine rings is 1. The van der Waals surface area contributed by atoms with E-state index in [1.165, 1.54) is 31.4 Å². The summed E-state index contributed by atoms with van der Waals surface area (Å²) in [6.45, 7) is 6.59. The second-order valence-electron chi connectivity index (χ2n) is 5.76. The van der Waals surface area contributed by atoms with Crippen LogP contribution in [-0.4, -0.2) is 24.0 Å². The van der Waals surface area contributed by atoms with Gasteiger partial charge in [0.1, 0.15) is 0 Å². The van der Waals surface area contributed by atoms with Crippen LogP contribution in [0.4, 0.5) is 0 Å². The molecule has 1 saturated heterocycles. The van der Waals surface area contributed by atoms with Gasteiger partial charge in [-0.25, -0.2) is 0 Å². The number of likely N-dealkylation sites (tertiary alicyclic amines) is 1. The van der Waals surface area contributed by atoms with E-state index in [9.17, 15) is 0 Å². The van der Waals surface area contributed by atoms with Crippen molar-refractivity contribution in [2.75, 3.05) is 13.1 Å². The Morgan fingerprint density at radius 3 is 2.58 bits per heavy atom. The van der Waals surface area contributed by atoms with E-state index in [4.69, 9.17) is 5.73 Å². The van der Waals surface area contributed by atoms with Crippen molar-refractivity contribution in [1.82, 2.24) is 4.90 Å². The average molecular weight is 260 g/mol. The standard InChI is InChI=1S/C17H28N2/c1-3-14-10-11-19(16(12-14)13-18)17(4-2)15-8-6-5-7-9-15/h5-9,14,16-17H,3-4,10-13,18H2,1-2H3. The number of benzene rings is 1. The Balaban J connectivity index is 2.14. The Hall–Kier alpha value is -0.860. The number of nitrogens with zero attached hydrogens (tertiary/aromatic N) is 1. The molecular formula is C17H28N2. The minimum atomic E-state index is 0.535. The Morgan fingerprint density at radius 2 is 2.00 bits per heavy atom. The maximum Gasteiger partial charge on any atom is 0.0348 e. The van der Waals surface area contributed by atoms with Crippen LogP contribution in [0.3, 0.4) is 0 Å². The Bertz CT molecular complexity index is 363. The van der Waals surface area contributed by atoms with Gasteiger partial charge in [0.2, 0.25) is 0 Å². The van der Waals surface area contributed by atoms with Crippen LogP contribution in [0.1, 0.15) is 51.1 Å². The van der Waals surface area contributed by atoms with Crippen LogP contribution >= 0.6 is 0 Å². The highest BCUT2D eigenvalue weighted by Crippen LogP contribution is 2.33. The summed E-state index contributed by atoms with van der Waals surface area (Å²) in [6.07, 6.45) is 5.07. The monoisotopic (exact) mass is 260 g/mol. The second kappa shape index (κ2) is 7.06. The summed E-state index contributed by atoms with van der Waals surface area (Å²) in [5.74, 6) is 0.873.